The molecule has 2 aromatic rings. The molecule has 36 heavy (non-hydrogen) atoms. The lowest BCUT2D eigenvalue weighted by Crippen LogP contribution is -2.29. The summed E-state index contributed by atoms with van der Waals surface area (Å²) < 4.78 is 0. The number of carbonyl (C=O) groups is 2. The Kier molecular flexibility index (Phi) is 10.2. The second-order valence-corrected chi connectivity index (χ2v) is 10.0. The fourth-order valence-corrected chi connectivity index (χ4v) is 4.97. The van der Waals surface area contributed by atoms with Crippen molar-refractivity contribution in [3.05, 3.63) is 86.7 Å². The van der Waals surface area contributed by atoms with Crippen molar-refractivity contribution in [1.29, 1.82) is 0 Å². The molecule has 3 N–H and O–H groups in total. The van der Waals surface area contributed by atoms with Crippen molar-refractivity contribution in [2.45, 2.75) is 25.5 Å². The fraction of sp³-hybridized carbons (Fsp3) is 0.296. The number of hydrogen-bond acceptors (Lipinski definition) is 7. The molecular weight excluding hydrogens is 496 g/mol. The predicted octanol–water partition coefficient (Wildman–Crippen LogP) is 4.25. The number of aliphatic imine (C=N–C) groups is 1. The van der Waals surface area contributed by atoms with Gasteiger partial charge in [-0.05, 0) is 42.8 Å². The van der Waals surface area contributed by atoms with E-state index in [1.54, 1.807) is 31.6 Å². The Morgan fingerprint density at radius 1 is 1.31 bits per heavy atom. The lowest BCUT2D eigenvalue weighted by molar-refractivity contribution is -0.117. The monoisotopic (exact) mass is 526 g/mol. The highest BCUT2D eigenvalue weighted by Gasteiger charge is 2.23. The SMILES string of the molecule is C=C(C(=O)NCCc1ccc(Cl)cc1)C(=O)c1sc(CN(C)CC(O)C2=CN=CCC=C2)cc1NC. The van der Waals surface area contributed by atoms with Crippen LogP contribution in [0.25, 0.3) is 0 Å². The van der Waals surface area contributed by atoms with Crippen LogP contribution in [-0.2, 0) is 17.8 Å². The fourth-order valence-electron chi connectivity index (χ4n) is 3.63. The standard InChI is InChI=1S/C27H31ClN4O3S/c1-18(27(35)31-13-11-19-7-9-21(28)10-8-19)25(34)26-23(29-2)14-22(36-26)16-32(3)17-24(33)20-6-4-5-12-30-15-20/h4,6-10,12,14-15,24,29,33H,1,5,11,13,16-17H2,2-3H3,(H,31,35). The van der Waals surface area contributed by atoms with Crippen LogP contribution in [0.3, 0.4) is 0 Å². The van der Waals surface area contributed by atoms with Crippen LogP contribution in [0.1, 0.15) is 26.5 Å². The third-order valence-corrected chi connectivity index (χ3v) is 6.97. The Bertz CT molecular complexity index is 1180. The number of rotatable bonds is 12. The number of amides is 1. The van der Waals surface area contributed by atoms with Gasteiger partial charge in [0.25, 0.3) is 5.91 Å². The molecule has 0 bridgehead atoms. The first kappa shape index (κ1) is 27.5. The number of allylic oxidation sites excluding steroid dienone is 1. The number of aliphatic hydroxyl groups excluding tert-OH is 1. The molecule has 1 atom stereocenters. The number of benzene rings is 1. The van der Waals surface area contributed by atoms with Gasteiger partial charge in [-0.2, -0.15) is 0 Å². The molecule has 0 fully saturated rings. The highest BCUT2D eigenvalue weighted by atomic mass is 35.5. The predicted molar refractivity (Wildman–Crippen MR) is 148 cm³/mol. The van der Waals surface area contributed by atoms with Crippen LogP contribution in [0.4, 0.5) is 5.69 Å². The molecule has 7 nitrogen and oxygen atoms in total. The summed E-state index contributed by atoms with van der Waals surface area (Å²) in [6, 6.07) is 9.28. The number of likely N-dealkylation sites (N-methyl/N-ethyl adjacent to an activating group) is 1. The minimum atomic E-state index is -0.678. The molecule has 1 aliphatic rings. The van der Waals surface area contributed by atoms with Gasteiger partial charge in [0.2, 0.25) is 5.78 Å². The molecule has 0 spiro atoms. The number of aliphatic hydroxyl groups is 1. The van der Waals surface area contributed by atoms with Crippen LogP contribution in [0.2, 0.25) is 5.02 Å². The van der Waals surface area contributed by atoms with Gasteiger partial charge in [-0.15, -0.1) is 11.3 Å². The third-order valence-electron chi connectivity index (χ3n) is 5.60. The Balaban J connectivity index is 1.57. The molecule has 0 saturated carbocycles. The van der Waals surface area contributed by atoms with Crippen molar-refractivity contribution in [1.82, 2.24) is 10.2 Å². The number of carbonyl (C=O) groups excluding carboxylic acids is 2. The van der Waals surface area contributed by atoms with Crippen molar-refractivity contribution in [3.63, 3.8) is 0 Å². The van der Waals surface area contributed by atoms with E-state index in [0.29, 0.717) is 41.6 Å². The molecule has 190 valence electrons. The molecule has 0 radical (unpaired) electrons. The molecule has 2 heterocycles. The maximum atomic E-state index is 13.1. The Morgan fingerprint density at radius 2 is 2.06 bits per heavy atom. The van der Waals surface area contributed by atoms with Crippen LogP contribution in [0.5, 0.6) is 0 Å². The highest BCUT2D eigenvalue weighted by Crippen LogP contribution is 2.30. The lowest BCUT2D eigenvalue weighted by atomic mass is 10.1. The van der Waals surface area contributed by atoms with Gasteiger partial charge >= 0.3 is 0 Å². The van der Waals surface area contributed by atoms with Crippen LogP contribution in [0.15, 0.2) is 71.4 Å². The van der Waals surface area contributed by atoms with Gasteiger partial charge in [0.05, 0.1) is 22.2 Å². The van der Waals surface area contributed by atoms with Crippen LogP contribution in [-0.4, -0.2) is 61.2 Å². The van der Waals surface area contributed by atoms with E-state index in [2.05, 4.69) is 22.2 Å². The minimum absolute atomic E-state index is 0.104. The number of anilines is 1. The number of Topliss-reactive ketones (excluding diaryl/α,β-unsaturated/α-hetero) is 1. The molecule has 1 aliphatic heterocycles. The summed E-state index contributed by atoms with van der Waals surface area (Å²) in [7, 11) is 3.64. The zero-order valence-corrected chi connectivity index (χ0v) is 22.0. The number of ketones is 1. The van der Waals surface area contributed by atoms with Crippen molar-refractivity contribution >= 4 is 46.5 Å². The normalized spacial score (nSPS) is 13.8. The summed E-state index contributed by atoms with van der Waals surface area (Å²) in [6.07, 6.45) is 8.00. The molecule has 1 amide bonds. The largest absolute Gasteiger partial charge is 0.387 e. The molecule has 1 unspecified atom stereocenters. The molecule has 0 aliphatic carbocycles. The zero-order valence-electron chi connectivity index (χ0n) is 20.5. The maximum absolute atomic E-state index is 13.1. The number of hydrogen-bond donors (Lipinski definition) is 3. The van der Waals surface area contributed by atoms with Crippen LogP contribution in [0, 0.1) is 0 Å². The van der Waals surface area contributed by atoms with Gasteiger partial charge in [0, 0.05) is 55.4 Å². The van der Waals surface area contributed by atoms with Crippen molar-refractivity contribution in [3.8, 4) is 0 Å². The average molecular weight is 527 g/mol. The van der Waals surface area contributed by atoms with E-state index in [-0.39, 0.29) is 5.57 Å². The number of nitrogens with one attached hydrogen (secondary N) is 2. The van der Waals surface area contributed by atoms with E-state index in [4.69, 9.17) is 11.6 Å². The zero-order chi connectivity index (χ0) is 26.1. The van der Waals surface area contributed by atoms with E-state index in [9.17, 15) is 14.7 Å². The molecular formula is C27H31ClN4O3S. The lowest BCUT2D eigenvalue weighted by Gasteiger charge is -2.20. The van der Waals surface area contributed by atoms with Gasteiger partial charge in [0.15, 0.2) is 0 Å². The van der Waals surface area contributed by atoms with E-state index in [1.165, 1.54) is 11.3 Å². The Morgan fingerprint density at radius 3 is 2.78 bits per heavy atom. The Hall–Kier alpha value is -3.04. The molecule has 9 heteroatoms. The third kappa shape index (κ3) is 7.73. The van der Waals surface area contributed by atoms with E-state index in [1.807, 2.05) is 42.3 Å². The number of nitrogens with zero attached hydrogens (tertiary/aromatic N) is 2. The summed E-state index contributed by atoms with van der Waals surface area (Å²) in [5, 5.41) is 17.0. The minimum Gasteiger partial charge on any atom is -0.387 e. The summed E-state index contributed by atoms with van der Waals surface area (Å²) >= 11 is 7.21. The average Bonchev–Trinajstić information content (AvgIpc) is 3.07. The molecule has 0 saturated heterocycles. The van der Waals surface area contributed by atoms with Gasteiger partial charge in [0.1, 0.15) is 0 Å². The van der Waals surface area contributed by atoms with Crippen molar-refractivity contribution < 1.29 is 14.7 Å². The van der Waals surface area contributed by atoms with Crippen molar-refractivity contribution in [2.75, 3.05) is 32.5 Å². The number of thiophene rings is 1. The highest BCUT2D eigenvalue weighted by molar-refractivity contribution is 7.15. The summed E-state index contributed by atoms with van der Waals surface area (Å²) in [6.45, 7) is 5.06. The second-order valence-electron chi connectivity index (χ2n) is 8.46. The molecule has 1 aromatic carbocycles. The van der Waals surface area contributed by atoms with E-state index >= 15 is 0 Å². The van der Waals surface area contributed by atoms with E-state index < -0.39 is 17.8 Å². The smallest absolute Gasteiger partial charge is 0.254 e. The van der Waals surface area contributed by atoms with E-state index in [0.717, 1.165) is 22.4 Å². The number of halogens is 1. The van der Waals surface area contributed by atoms with Gasteiger partial charge < -0.3 is 15.7 Å². The first-order valence-corrected chi connectivity index (χ1v) is 12.8. The maximum Gasteiger partial charge on any atom is 0.254 e. The first-order valence-electron chi connectivity index (χ1n) is 11.6. The molecule has 3 rings (SSSR count). The summed E-state index contributed by atoms with van der Waals surface area (Å²) in [5.41, 5.74) is 2.33. The molecule has 1 aromatic heterocycles. The van der Waals surface area contributed by atoms with Gasteiger partial charge in [-0.1, -0.05) is 42.5 Å². The Labute approximate surface area is 220 Å². The van der Waals surface area contributed by atoms with Crippen LogP contribution >= 0.6 is 22.9 Å². The second kappa shape index (κ2) is 13.3. The topological polar surface area (TPSA) is 94.0 Å². The van der Waals surface area contributed by atoms with Gasteiger partial charge in [-0.25, -0.2) is 0 Å². The summed E-state index contributed by atoms with van der Waals surface area (Å²) in [4.78, 5) is 33.1. The summed E-state index contributed by atoms with van der Waals surface area (Å²) in [5.74, 6) is -0.896. The van der Waals surface area contributed by atoms with Crippen LogP contribution < -0.4 is 10.6 Å². The van der Waals surface area contributed by atoms with Crippen molar-refractivity contribution in [2.24, 2.45) is 4.99 Å². The quantitative estimate of drug-likeness (QED) is 0.166. The first-order chi connectivity index (χ1) is 17.3. The van der Waals surface area contributed by atoms with Gasteiger partial charge in [-0.3, -0.25) is 19.5 Å².